The first-order valence-electron chi connectivity index (χ1n) is 7.28. The zero-order valence-corrected chi connectivity index (χ0v) is 12.4. The van der Waals surface area contributed by atoms with Crippen molar-refractivity contribution in [1.29, 1.82) is 5.26 Å². The average molecular weight is 296 g/mol. The molecule has 2 aromatic carbocycles. The number of hydrogen-bond acceptors (Lipinski definition) is 4. The van der Waals surface area contributed by atoms with Gasteiger partial charge in [-0.15, -0.1) is 0 Å². The summed E-state index contributed by atoms with van der Waals surface area (Å²) in [5, 5.41) is 28.4. The fraction of sp³-hybridized carbons (Fsp3) is 0.278. The molecule has 0 amide bonds. The van der Waals surface area contributed by atoms with Gasteiger partial charge in [-0.3, -0.25) is 4.90 Å². The zero-order chi connectivity index (χ0) is 15.8. The molecule has 0 aliphatic heterocycles. The van der Waals surface area contributed by atoms with Crippen LogP contribution >= 0.6 is 0 Å². The predicted molar refractivity (Wildman–Crippen MR) is 84.9 cm³/mol. The molecule has 0 fully saturated rings. The van der Waals surface area contributed by atoms with Crippen molar-refractivity contribution in [3.8, 4) is 6.07 Å². The van der Waals surface area contributed by atoms with Crippen molar-refractivity contribution in [2.75, 3.05) is 19.7 Å². The molecule has 0 saturated heterocycles. The molecule has 2 N–H and O–H groups in total. The van der Waals surface area contributed by atoms with Gasteiger partial charge in [-0.2, -0.15) is 5.26 Å². The lowest BCUT2D eigenvalue weighted by atomic mass is 10.1. The molecule has 0 aliphatic rings. The SMILES string of the molecule is N#Cc1ccc([C@@H](O)CN(CCO)Cc2ccccc2)cc1. The van der Waals surface area contributed by atoms with Gasteiger partial charge in [-0.25, -0.2) is 0 Å². The smallest absolute Gasteiger partial charge is 0.0991 e. The van der Waals surface area contributed by atoms with Crippen molar-refractivity contribution in [1.82, 2.24) is 4.90 Å². The van der Waals surface area contributed by atoms with Gasteiger partial charge in [0, 0.05) is 19.6 Å². The van der Waals surface area contributed by atoms with Crippen LogP contribution in [-0.4, -0.2) is 34.8 Å². The third kappa shape index (κ3) is 4.68. The third-order valence-corrected chi connectivity index (χ3v) is 3.52. The monoisotopic (exact) mass is 296 g/mol. The van der Waals surface area contributed by atoms with Crippen molar-refractivity contribution >= 4 is 0 Å². The molecule has 1 atom stereocenters. The van der Waals surface area contributed by atoms with Gasteiger partial charge in [0.1, 0.15) is 0 Å². The molecule has 0 heterocycles. The summed E-state index contributed by atoms with van der Waals surface area (Å²) in [5.41, 5.74) is 2.49. The molecule has 2 rings (SSSR count). The Morgan fingerprint density at radius 1 is 1.05 bits per heavy atom. The maximum absolute atomic E-state index is 10.4. The summed E-state index contributed by atoms with van der Waals surface area (Å²) in [6.45, 7) is 1.66. The lowest BCUT2D eigenvalue weighted by Crippen LogP contribution is -2.31. The molecule has 114 valence electrons. The molecule has 0 bridgehead atoms. The van der Waals surface area contributed by atoms with Gasteiger partial charge in [0.25, 0.3) is 0 Å². The summed E-state index contributed by atoms with van der Waals surface area (Å²) < 4.78 is 0. The standard InChI is InChI=1S/C18H20N2O2/c19-12-15-6-8-17(9-7-15)18(22)14-20(10-11-21)13-16-4-2-1-3-5-16/h1-9,18,21-22H,10-11,13-14H2/t18-/m0/s1. The van der Waals surface area contributed by atoms with E-state index in [2.05, 4.69) is 6.07 Å². The van der Waals surface area contributed by atoms with E-state index < -0.39 is 6.10 Å². The van der Waals surface area contributed by atoms with E-state index in [1.165, 1.54) is 0 Å². The molecule has 22 heavy (non-hydrogen) atoms. The summed E-state index contributed by atoms with van der Waals surface area (Å²) >= 11 is 0. The molecule has 0 saturated carbocycles. The second-order valence-corrected chi connectivity index (χ2v) is 5.19. The number of aliphatic hydroxyl groups is 2. The predicted octanol–water partition coefficient (Wildman–Crippen LogP) is 2.09. The van der Waals surface area contributed by atoms with Gasteiger partial charge >= 0.3 is 0 Å². The summed E-state index contributed by atoms with van der Waals surface area (Å²) in [7, 11) is 0. The summed E-state index contributed by atoms with van der Waals surface area (Å²) in [5.74, 6) is 0. The van der Waals surface area contributed by atoms with E-state index in [1.54, 1.807) is 24.3 Å². The van der Waals surface area contributed by atoms with Crippen LogP contribution in [0.1, 0.15) is 22.8 Å². The normalized spacial score (nSPS) is 12.1. The van der Waals surface area contributed by atoms with Crippen LogP contribution in [0.15, 0.2) is 54.6 Å². The molecule has 0 aromatic heterocycles. The van der Waals surface area contributed by atoms with E-state index in [-0.39, 0.29) is 6.61 Å². The van der Waals surface area contributed by atoms with Gasteiger partial charge in [0.15, 0.2) is 0 Å². The Labute approximate surface area is 130 Å². The van der Waals surface area contributed by atoms with Crippen LogP contribution in [0.4, 0.5) is 0 Å². The summed E-state index contributed by atoms with van der Waals surface area (Å²) in [6, 6.07) is 19.0. The van der Waals surface area contributed by atoms with E-state index in [1.807, 2.05) is 35.2 Å². The maximum Gasteiger partial charge on any atom is 0.0991 e. The quantitative estimate of drug-likeness (QED) is 0.821. The second-order valence-electron chi connectivity index (χ2n) is 5.19. The van der Waals surface area contributed by atoms with Gasteiger partial charge in [-0.05, 0) is 23.3 Å². The highest BCUT2D eigenvalue weighted by atomic mass is 16.3. The Kier molecular flexibility index (Phi) is 6.11. The topological polar surface area (TPSA) is 67.5 Å². The second kappa shape index (κ2) is 8.30. The number of benzene rings is 2. The molecular formula is C18H20N2O2. The number of nitriles is 1. The molecule has 4 heteroatoms. The Balaban J connectivity index is 2.01. The van der Waals surface area contributed by atoms with E-state index >= 15 is 0 Å². The molecule has 2 aromatic rings. The highest BCUT2D eigenvalue weighted by Gasteiger charge is 2.13. The van der Waals surface area contributed by atoms with Crippen molar-refractivity contribution < 1.29 is 10.2 Å². The summed E-state index contributed by atoms with van der Waals surface area (Å²) in [4.78, 5) is 2.01. The number of aliphatic hydroxyl groups excluding tert-OH is 2. The van der Waals surface area contributed by atoms with Gasteiger partial charge in [0.05, 0.1) is 24.3 Å². The Hall–Kier alpha value is -2.19. The Morgan fingerprint density at radius 2 is 1.73 bits per heavy atom. The molecule has 0 radical (unpaired) electrons. The van der Waals surface area contributed by atoms with Crippen LogP contribution < -0.4 is 0 Å². The first-order chi connectivity index (χ1) is 10.7. The van der Waals surface area contributed by atoms with E-state index in [0.29, 0.717) is 25.2 Å². The van der Waals surface area contributed by atoms with Crippen LogP contribution in [0.2, 0.25) is 0 Å². The molecule has 0 spiro atoms. The largest absolute Gasteiger partial charge is 0.395 e. The van der Waals surface area contributed by atoms with Gasteiger partial charge in [-0.1, -0.05) is 42.5 Å². The zero-order valence-electron chi connectivity index (χ0n) is 12.4. The molecule has 0 unspecified atom stereocenters. The van der Waals surface area contributed by atoms with E-state index in [4.69, 9.17) is 5.26 Å². The Morgan fingerprint density at radius 3 is 2.32 bits per heavy atom. The van der Waals surface area contributed by atoms with Crippen LogP contribution in [-0.2, 0) is 6.54 Å². The van der Waals surface area contributed by atoms with Crippen molar-refractivity contribution in [2.24, 2.45) is 0 Å². The fourth-order valence-electron chi connectivity index (χ4n) is 2.35. The minimum Gasteiger partial charge on any atom is -0.395 e. The Bertz CT molecular complexity index is 605. The van der Waals surface area contributed by atoms with Gasteiger partial charge in [0.2, 0.25) is 0 Å². The average Bonchev–Trinajstić information content (AvgIpc) is 2.56. The molecular weight excluding hydrogens is 276 g/mol. The maximum atomic E-state index is 10.4. The molecule has 4 nitrogen and oxygen atoms in total. The van der Waals surface area contributed by atoms with Crippen molar-refractivity contribution in [3.63, 3.8) is 0 Å². The number of hydrogen-bond donors (Lipinski definition) is 2. The van der Waals surface area contributed by atoms with Crippen molar-refractivity contribution in [3.05, 3.63) is 71.3 Å². The minimum atomic E-state index is -0.650. The number of rotatable bonds is 7. The highest BCUT2D eigenvalue weighted by molar-refractivity contribution is 5.32. The van der Waals surface area contributed by atoms with Crippen LogP contribution in [0.3, 0.4) is 0 Å². The van der Waals surface area contributed by atoms with Gasteiger partial charge < -0.3 is 10.2 Å². The highest BCUT2D eigenvalue weighted by Crippen LogP contribution is 2.16. The lowest BCUT2D eigenvalue weighted by Gasteiger charge is -2.24. The lowest BCUT2D eigenvalue weighted by molar-refractivity contribution is 0.0957. The third-order valence-electron chi connectivity index (χ3n) is 3.52. The van der Waals surface area contributed by atoms with Crippen LogP contribution in [0.25, 0.3) is 0 Å². The van der Waals surface area contributed by atoms with E-state index in [9.17, 15) is 10.2 Å². The molecule has 0 aliphatic carbocycles. The summed E-state index contributed by atoms with van der Waals surface area (Å²) in [6.07, 6.45) is -0.650. The first kappa shape index (κ1) is 16.2. The van der Waals surface area contributed by atoms with E-state index in [0.717, 1.165) is 11.1 Å². The minimum absolute atomic E-state index is 0.0485. The van der Waals surface area contributed by atoms with Crippen molar-refractivity contribution in [2.45, 2.75) is 12.6 Å². The number of nitrogens with zero attached hydrogens (tertiary/aromatic N) is 2. The fourth-order valence-corrected chi connectivity index (χ4v) is 2.35. The van der Waals surface area contributed by atoms with Crippen LogP contribution in [0, 0.1) is 11.3 Å². The first-order valence-corrected chi connectivity index (χ1v) is 7.28. The van der Waals surface area contributed by atoms with Crippen LogP contribution in [0.5, 0.6) is 0 Å².